The lowest BCUT2D eigenvalue weighted by Crippen LogP contribution is -2.47. The van der Waals surface area contributed by atoms with Crippen LogP contribution in [0.2, 0.25) is 0 Å². The van der Waals surface area contributed by atoms with E-state index in [0.29, 0.717) is 25.1 Å². The molecule has 1 saturated carbocycles. The van der Waals surface area contributed by atoms with E-state index in [1.165, 1.54) is 6.26 Å². The van der Waals surface area contributed by atoms with Crippen molar-refractivity contribution in [3.63, 3.8) is 0 Å². The standard InChI is InChI=1S/C22H29N3O5S/c1-16(21(26)23-15-19-6-5-13-30-19)25-22(27)18-11-9-17(10-12-18)14-24-31(28,29)20-7-3-2-4-8-20/h2-8,13,16-18,24H,9-12,14-15H2,1H3,(H,23,26)(H,25,27)/t16-,17?,18?/m1/s1. The van der Waals surface area contributed by atoms with Gasteiger partial charge in [0, 0.05) is 12.5 Å². The van der Waals surface area contributed by atoms with Gasteiger partial charge in [-0.05, 0) is 62.8 Å². The Morgan fingerprint density at radius 1 is 1.06 bits per heavy atom. The smallest absolute Gasteiger partial charge is 0.242 e. The van der Waals surface area contributed by atoms with Gasteiger partial charge >= 0.3 is 0 Å². The second-order valence-corrected chi connectivity index (χ2v) is 9.68. The summed E-state index contributed by atoms with van der Waals surface area (Å²) in [5, 5.41) is 5.51. The minimum Gasteiger partial charge on any atom is -0.467 e. The van der Waals surface area contributed by atoms with Gasteiger partial charge < -0.3 is 15.1 Å². The third kappa shape index (κ3) is 6.67. The summed E-state index contributed by atoms with van der Waals surface area (Å²) in [5.74, 6) is 0.268. The Morgan fingerprint density at radius 2 is 1.77 bits per heavy atom. The van der Waals surface area contributed by atoms with Gasteiger partial charge in [0.2, 0.25) is 21.8 Å². The molecule has 0 saturated heterocycles. The van der Waals surface area contributed by atoms with E-state index in [1.807, 2.05) is 0 Å². The van der Waals surface area contributed by atoms with Crippen LogP contribution < -0.4 is 15.4 Å². The summed E-state index contributed by atoms with van der Waals surface area (Å²) in [4.78, 5) is 25.0. The first kappa shape index (κ1) is 23.0. The van der Waals surface area contributed by atoms with Gasteiger partial charge in [-0.15, -0.1) is 0 Å². The summed E-state index contributed by atoms with van der Waals surface area (Å²) in [6.07, 6.45) is 4.40. The largest absolute Gasteiger partial charge is 0.467 e. The van der Waals surface area contributed by atoms with Gasteiger partial charge in [0.05, 0.1) is 17.7 Å². The Labute approximate surface area is 182 Å². The summed E-state index contributed by atoms with van der Waals surface area (Å²) in [6.45, 7) is 2.28. The Bertz CT molecular complexity index is 952. The summed E-state index contributed by atoms with van der Waals surface area (Å²) >= 11 is 0. The summed E-state index contributed by atoms with van der Waals surface area (Å²) in [5.41, 5.74) is 0. The molecule has 0 spiro atoms. The van der Waals surface area contributed by atoms with Crippen LogP contribution >= 0.6 is 0 Å². The maximum atomic E-state index is 12.5. The summed E-state index contributed by atoms with van der Waals surface area (Å²) in [6, 6.07) is 11.2. The number of hydrogen-bond acceptors (Lipinski definition) is 5. The van der Waals surface area contributed by atoms with E-state index < -0.39 is 16.1 Å². The number of sulfonamides is 1. The first-order valence-electron chi connectivity index (χ1n) is 10.5. The van der Waals surface area contributed by atoms with Gasteiger partial charge in [0.25, 0.3) is 0 Å². The van der Waals surface area contributed by atoms with E-state index in [2.05, 4.69) is 15.4 Å². The first-order chi connectivity index (χ1) is 14.8. The van der Waals surface area contributed by atoms with Crippen molar-refractivity contribution in [2.75, 3.05) is 6.54 Å². The van der Waals surface area contributed by atoms with E-state index >= 15 is 0 Å². The number of hydrogen-bond donors (Lipinski definition) is 3. The van der Waals surface area contributed by atoms with Crippen LogP contribution in [-0.2, 0) is 26.2 Å². The number of carbonyl (C=O) groups is 2. The van der Waals surface area contributed by atoms with Crippen LogP contribution in [0.3, 0.4) is 0 Å². The predicted octanol–water partition coefficient (Wildman–Crippen LogP) is 2.19. The van der Waals surface area contributed by atoms with Crippen molar-refractivity contribution in [3.05, 3.63) is 54.5 Å². The average molecular weight is 448 g/mol. The quantitative estimate of drug-likeness (QED) is 0.545. The molecule has 1 heterocycles. The van der Waals surface area contributed by atoms with Crippen molar-refractivity contribution >= 4 is 21.8 Å². The Kier molecular flexibility index (Phi) is 7.86. The lowest BCUT2D eigenvalue weighted by Gasteiger charge is -2.28. The predicted molar refractivity (Wildman–Crippen MR) is 115 cm³/mol. The lowest BCUT2D eigenvalue weighted by atomic mass is 9.81. The molecule has 0 unspecified atom stereocenters. The molecule has 1 fully saturated rings. The van der Waals surface area contributed by atoms with Crippen LogP contribution in [0.5, 0.6) is 0 Å². The number of furan rings is 1. The van der Waals surface area contributed by atoms with Crippen molar-refractivity contribution in [2.45, 2.75) is 50.1 Å². The minimum absolute atomic E-state index is 0.135. The topological polar surface area (TPSA) is 118 Å². The molecule has 0 radical (unpaired) electrons. The maximum absolute atomic E-state index is 12.5. The van der Waals surface area contributed by atoms with Crippen molar-refractivity contribution in [2.24, 2.45) is 11.8 Å². The molecule has 1 aliphatic rings. The number of amides is 2. The van der Waals surface area contributed by atoms with E-state index in [-0.39, 0.29) is 35.1 Å². The molecule has 0 bridgehead atoms. The molecule has 3 N–H and O–H groups in total. The molecular weight excluding hydrogens is 418 g/mol. The SMILES string of the molecule is C[C@@H](NC(=O)C1CCC(CNS(=O)(=O)c2ccccc2)CC1)C(=O)NCc1ccco1. The molecular formula is C22H29N3O5S. The summed E-state index contributed by atoms with van der Waals surface area (Å²) in [7, 11) is -3.52. The third-order valence-corrected chi connectivity index (χ3v) is 7.04. The van der Waals surface area contributed by atoms with Crippen molar-refractivity contribution in [1.82, 2.24) is 15.4 Å². The highest BCUT2D eigenvalue weighted by atomic mass is 32.2. The molecule has 2 aromatic rings. The van der Waals surface area contributed by atoms with E-state index in [1.54, 1.807) is 49.4 Å². The zero-order valence-electron chi connectivity index (χ0n) is 17.5. The average Bonchev–Trinajstić information content (AvgIpc) is 3.30. The maximum Gasteiger partial charge on any atom is 0.242 e. The van der Waals surface area contributed by atoms with Crippen LogP contribution in [0.15, 0.2) is 58.0 Å². The van der Waals surface area contributed by atoms with Crippen LogP contribution in [0.1, 0.15) is 38.4 Å². The molecule has 2 amide bonds. The third-order valence-electron chi connectivity index (χ3n) is 5.60. The van der Waals surface area contributed by atoms with Crippen LogP contribution in [0.4, 0.5) is 0 Å². The molecule has 1 atom stereocenters. The zero-order chi connectivity index (χ0) is 22.3. The van der Waals surface area contributed by atoms with Crippen LogP contribution in [0, 0.1) is 11.8 Å². The number of rotatable bonds is 9. The molecule has 168 valence electrons. The number of carbonyl (C=O) groups excluding carboxylic acids is 2. The molecule has 8 nitrogen and oxygen atoms in total. The number of nitrogens with one attached hydrogen (secondary N) is 3. The molecule has 31 heavy (non-hydrogen) atoms. The molecule has 1 aromatic heterocycles. The summed E-state index contributed by atoms with van der Waals surface area (Å²) < 4.78 is 32.5. The first-order valence-corrected chi connectivity index (χ1v) is 12.0. The molecule has 9 heteroatoms. The lowest BCUT2D eigenvalue weighted by molar-refractivity contribution is -0.131. The molecule has 1 aromatic carbocycles. The fourth-order valence-corrected chi connectivity index (χ4v) is 4.81. The van der Waals surface area contributed by atoms with Crippen LogP contribution in [-0.4, -0.2) is 32.8 Å². The Morgan fingerprint density at radius 3 is 2.42 bits per heavy atom. The zero-order valence-corrected chi connectivity index (χ0v) is 18.4. The van der Waals surface area contributed by atoms with Gasteiger partial charge in [-0.1, -0.05) is 18.2 Å². The van der Waals surface area contributed by atoms with Gasteiger partial charge in [-0.25, -0.2) is 13.1 Å². The van der Waals surface area contributed by atoms with E-state index in [9.17, 15) is 18.0 Å². The molecule has 3 rings (SSSR count). The van der Waals surface area contributed by atoms with Gasteiger partial charge in [-0.3, -0.25) is 9.59 Å². The number of benzene rings is 1. The molecule has 0 aliphatic heterocycles. The minimum atomic E-state index is -3.52. The van der Waals surface area contributed by atoms with E-state index in [0.717, 1.165) is 12.8 Å². The van der Waals surface area contributed by atoms with Gasteiger partial charge in [-0.2, -0.15) is 0 Å². The monoisotopic (exact) mass is 447 g/mol. The van der Waals surface area contributed by atoms with E-state index in [4.69, 9.17) is 4.42 Å². The van der Waals surface area contributed by atoms with Gasteiger partial charge in [0.15, 0.2) is 0 Å². The Balaban J connectivity index is 1.38. The van der Waals surface area contributed by atoms with Crippen molar-refractivity contribution in [1.29, 1.82) is 0 Å². The highest BCUT2D eigenvalue weighted by Crippen LogP contribution is 2.29. The van der Waals surface area contributed by atoms with Crippen molar-refractivity contribution < 1.29 is 22.4 Å². The molecule has 1 aliphatic carbocycles. The van der Waals surface area contributed by atoms with Gasteiger partial charge in [0.1, 0.15) is 11.8 Å². The Hall–Kier alpha value is -2.65. The normalized spacial score (nSPS) is 20.0. The fraction of sp³-hybridized carbons (Fsp3) is 0.455. The fourth-order valence-electron chi connectivity index (χ4n) is 3.68. The van der Waals surface area contributed by atoms with Crippen LogP contribution in [0.25, 0.3) is 0 Å². The second kappa shape index (κ2) is 10.6. The highest BCUT2D eigenvalue weighted by Gasteiger charge is 2.29. The highest BCUT2D eigenvalue weighted by molar-refractivity contribution is 7.89. The second-order valence-electron chi connectivity index (χ2n) is 7.91. The van der Waals surface area contributed by atoms with Crippen molar-refractivity contribution in [3.8, 4) is 0 Å².